The molecule has 17 heavy (non-hydrogen) atoms. The first-order valence-corrected chi connectivity index (χ1v) is 5.40. The van der Waals surface area contributed by atoms with Crippen LogP contribution in [-0.2, 0) is 0 Å². The number of phenols is 1. The summed E-state index contributed by atoms with van der Waals surface area (Å²) in [6, 6.07) is 2.76. The van der Waals surface area contributed by atoms with Crippen molar-refractivity contribution in [1.82, 2.24) is 10.2 Å². The molecule has 0 atom stereocenters. The molecule has 1 aromatic carbocycles. The maximum Gasteiger partial charge on any atom is 0.170 e. The van der Waals surface area contributed by atoms with Crippen LogP contribution in [0.4, 0.5) is 10.2 Å². The molecule has 7 heteroatoms. The van der Waals surface area contributed by atoms with Gasteiger partial charge in [0.15, 0.2) is 17.3 Å². The number of nitrogen functional groups attached to an aromatic ring is 1. The van der Waals surface area contributed by atoms with E-state index in [9.17, 15) is 9.50 Å². The molecule has 0 aliphatic carbocycles. The van der Waals surface area contributed by atoms with E-state index in [4.69, 9.17) is 10.5 Å². The van der Waals surface area contributed by atoms with E-state index in [1.807, 2.05) is 0 Å². The molecule has 1 aromatic heterocycles. The van der Waals surface area contributed by atoms with E-state index in [0.29, 0.717) is 0 Å². The van der Waals surface area contributed by atoms with Gasteiger partial charge in [0, 0.05) is 12.1 Å². The molecule has 0 radical (unpaired) electrons. The van der Waals surface area contributed by atoms with Crippen LogP contribution >= 0.6 is 15.9 Å². The van der Waals surface area contributed by atoms with E-state index in [1.54, 1.807) is 0 Å². The zero-order chi connectivity index (χ0) is 12.6. The lowest BCUT2D eigenvalue weighted by atomic mass is 10.1. The molecule has 4 N–H and O–H groups in total. The SMILES string of the molecule is COc1cc(Br)c(F)c(-c2cc(N)n[nH]2)c1O. The quantitative estimate of drug-likeness (QED) is 0.794. The van der Waals surface area contributed by atoms with E-state index >= 15 is 0 Å². The number of aromatic nitrogens is 2. The molecule has 90 valence electrons. The number of phenolic OH excluding ortho intramolecular Hbond substituents is 1. The van der Waals surface area contributed by atoms with Gasteiger partial charge in [0.1, 0.15) is 5.82 Å². The van der Waals surface area contributed by atoms with Crippen LogP contribution in [0, 0.1) is 5.82 Å². The molecular weight excluding hydrogens is 293 g/mol. The molecule has 0 amide bonds. The molecule has 0 aliphatic heterocycles. The van der Waals surface area contributed by atoms with Gasteiger partial charge in [-0.2, -0.15) is 5.10 Å². The molecule has 0 unspecified atom stereocenters. The minimum absolute atomic E-state index is 0.0413. The number of H-pyrrole nitrogens is 1. The van der Waals surface area contributed by atoms with Crippen LogP contribution in [0.1, 0.15) is 0 Å². The standard InChI is InChI=1S/C10H9BrFN3O2/c1-17-6-2-4(11)9(12)8(10(6)16)5-3-7(13)15-14-5/h2-3,16H,1H3,(H3,13,14,15). The highest BCUT2D eigenvalue weighted by atomic mass is 79.9. The monoisotopic (exact) mass is 301 g/mol. The molecule has 0 spiro atoms. The Balaban J connectivity index is 2.71. The average molecular weight is 302 g/mol. The number of aromatic amines is 1. The highest BCUT2D eigenvalue weighted by Crippen LogP contribution is 2.42. The molecule has 1 heterocycles. The van der Waals surface area contributed by atoms with Crippen molar-refractivity contribution in [3.8, 4) is 22.8 Å². The number of anilines is 1. The minimum atomic E-state index is -0.619. The smallest absolute Gasteiger partial charge is 0.170 e. The number of nitrogens with two attached hydrogens (primary N) is 1. The molecule has 2 aromatic rings. The Morgan fingerprint density at radius 2 is 2.24 bits per heavy atom. The predicted octanol–water partition coefficient (Wildman–Crippen LogP) is 2.27. The van der Waals surface area contributed by atoms with E-state index < -0.39 is 5.82 Å². The molecule has 0 bridgehead atoms. The maximum absolute atomic E-state index is 13.9. The predicted molar refractivity (Wildman–Crippen MR) is 64.3 cm³/mol. The first-order chi connectivity index (χ1) is 8.04. The highest BCUT2D eigenvalue weighted by Gasteiger charge is 2.20. The molecule has 0 aliphatic rings. The second kappa shape index (κ2) is 4.25. The largest absolute Gasteiger partial charge is 0.504 e. The fraction of sp³-hybridized carbons (Fsp3) is 0.100. The van der Waals surface area contributed by atoms with Crippen LogP contribution in [0.2, 0.25) is 0 Å². The molecule has 2 rings (SSSR count). The Bertz CT molecular complexity index is 571. The Hall–Kier alpha value is -1.76. The fourth-order valence-electron chi connectivity index (χ4n) is 1.46. The number of aromatic hydroxyl groups is 1. The van der Waals surface area contributed by atoms with Gasteiger partial charge in [0.05, 0.1) is 22.8 Å². The Morgan fingerprint density at radius 3 is 2.76 bits per heavy atom. The Labute approximate surface area is 105 Å². The summed E-state index contributed by atoms with van der Waals surface area (Å²) >= 11 is 3.04. The van der Waals surface area contributed by atoms with Crippen molar-refractivity contribution in [3.05, 3.63) is 22.4 Å². The van der Waals surface area contributed by atoms with Gasteiger partial charge in [-0.25, -0.2) is 4.39 Å². The number of halogens is 2. The van der Waals surface area contributed by atoms with E-state index in [0.717, 1.165) is 0 Å². The lowest BCUT2D eigenvalue weighted by molar-refractivity contribution is 0.371. The summed E-state index contributed by atoms with van der Waals surface area (Å²) < 4.78 is 19.0. The number of benzene rings is 1. The molecule has 0 saturated carbocycles. The average Bonchev–Trinajstić information content (AvgIpc) is 2.70. The van der Waals surface area contributed by atoms with Gasteiger partial charge in [-0.15, -0.1) is 0 Å². The maximum atomic E-state index is 13.9. The number of hydrogen-bond acceptors (Lipinski definition) is 4. The lowest BCUT2D eigenvalue weighted by Gasteiger charge is -2.10. The third kappa shape index (κ3) is 1.93. The van der Waals surface area contributed by atoms with Crippen LogP contribution in [0.3, 0.4) is 0 Å². The molecule has 0 fully saturated rings. The van der Waals surface area contributed by atoms with Gasteiger partial charge >= 0.3 is 0 Å². The summed E-state index contributed by atoms with van der Waals surface area (Å²) in [6.45, 7) is 0. The van der Waals surface area contributed by atoms with E-state index in [-0.39, 0.29) is 33.0 Å². The third-order valence-corrected chi connectivity index (χ3v) is 2.82. The van der Waals surface area contributed by atoms with Gasteiger partial charge in [0.2, 0.25) is 0 Å². The lowest BCUT2D eigenvalue weighted by Crippen LogP contribution is -1.92. The minimum Gasteiger partial charge on any atom is -0.504 e. The van der Waals surface area contributed by atoms with Crippen LogP contribution in [-0.4, -0.2) is 22.4 Å². The van der Waals surface area contributed by atoms with Crippen molar-refractivity contribution >= 4 is 21.7 Å². The van der Waals surface area contributed by atoms with Gasteiger partial charge < -0.3 is 15.6 Å². The number of nitrogens with zero attached hydrogens (tertiary/aromatic N) is 1. The summed E-state index contributed by atoms with van der Waals surface area (Å²) in [4.78, 5) is 0. The van der Waals surface area contributed by atoms with Gasteiger partial charge in [-0.05, 0) is 15.9 Å². The van der Waals surface area contributed by atoms with Crippen LogP contribution in [0.25, 0.3) is 11.3 Å². The zero-order valence-corrected chi connectivity index (χ0v) is 10.4. The first kappa shape index (κ1) is 11.7. The van der Waals surface area contributed by atoms with Crippen molar-refractivity contribution in [2.24, 2.45) is 0 Å². The van der Waals surface area contributed by atoms with Crippen LogP contribution in [0.5, 0.6) is 11.5 Å². The van der Waals surface area contributed by atoms with Gasteiger partial charge in [-0.1, -0.05) is 0 Å². The van der Waals surface area contributed by atoms with Crippen molar-refractivity contribution in [1.29, 1.82) is 0 Å². The second-order valence-corrected chi connectivity index (χ2v) is 4.16. The number of methoxy groups -OCH3 is 1. The van der Waals surface area contributed by atoms with Gasteiger partial charge in [-0.3, -0.25) is 5.10 Å². The highest BCUT2D eigenvalue weighted by molar-refractivity contribution is 9.10. The Kier molecular flexibility index (Phi) is 2.93. The molecule has 5 nitrogen and oxygen atoms in total. The van der Waals surface area contributed by atoms with Crippen molar-refractivity contribution in [2.45, 2.75) is 0 Å². The fourth-order valence-corrected chi connectivity index (χ4v) is 1.87. The number of hydrogen-bond donors (Lipinski definition) is 3. The number of rotatable bonds is 2. The van der Waals surface area contributed by atoms with Crippen LogP contribution in [0.15, 0.2) is 16.6 Å². The zero-order valence-electron chi connectivity index (χ0n) is 8.79. The number of ether oxygens (including phenoxy) is 1. The van der Waals surface area contributed by atoms with Crippen molar-refractivity contribution in [2.75, 3.05) is 12.8 Å². The second-order valence-electron chi connectivity index (χ2n) is 3.30. The Morgan fingerprint density at radius 1 is 1.53 bits per heavy atom. The first-order valence-electron chi connectivity index (χ1n) is 4.60. The van der Waals surface area contributed by atoms with Crippen LogP contribution < -0.4 is 10.5 Å². The molecule has 0 saturated heterocycles. The summed E-state index contributed by atoms with van der Waals surface area (Å²) in [6.07, 6.45) is 0. The third-order valence-electron chi connectivity index (χ3n) is 2.24. The number of nitrogens with one attached hydrogen (secondary N) is 1. The normalized spacial score (nSPS) is 10.5. The van der Waals surface area contributed by atoms with Crippen molar-refractivity contribution < 1.29 is 14.2 Å². The summed E-state index contributed by atoms with van der Waals surface area (Å²) in [5.74, 6) is -0.567. The van der Waals surface area contributed by atoms with E-state index in [1.165, 1.54) is 19.2 Å². The molecular formula is C10H9BrFN3O2. The van der Waals surface area contributed by atoms with Gasteiger partial charge in [0.25, 0.3) is 0 Å². The van der Waals surface area contributed by atoms with Crippen molar-refractivity contribution in [3.63, 3.8) is 0 Å². The summed E-state index contributed by atoms with van der Waals surface area (Å²) in [5.41, 5.74) is 5.67. The van der Waals surface area contributed by atoms with E-state index in [2.05, 4.69) is 26.1 Å². The summed E-state index contributed by atoms with van der Waals surface area (Å²) in [5, 5.41) is 16.1. The topological polar surface area (TPSA) is 84.2 Å². The summed E-state index contributed by atoms with van der Waals surface area (Å²) in [7, 11) is 1.38.